The van der Waals surface area contributed by atoms with Crippen LogP contribution >= 0.6 is 27.3 Å². The SMILES string of the molecule is Nc1nc2c(Br)cc(NC(=O)c3ccccc3)cc2s1. The Kier molecular flexibility index (Phi) is 3.42. The third-order valence-electron chi connectivity index (χ3n) is 2.76. The van der Waals surface area contributed by atoms with Gasteiger partial charge in [0.2, 0.25) is 0 Å². The Balaban J connectivity index is 1.93. The number of nitrogens with one attached hydrogen (secondary N) is 1. The Labute approximate surface area is 127 Å². The van der Waals surface area contributed by atoms with Gasteiger partial charge in [0.25, 0.3) is 5.91 Å². The lowest BCUT2D eigenvalue weighted by Gasteiger charge is -2.06. The van der Waals surface area contributed by atoms with Crippen LogP contribution in [0.2, 0.25) is 0 Å². The molecule has 3 aromatic rings. The van der Waals surface area contributed by atoms with Gasteiger partial charge in [-0.25, -0.2) is 4.98 Å². The fourth-order valence-electron chi connectivity index (χ4n) is 1.87. The maximum Gasteiger partial charge on any atom is 0.255 e. The van der Waals surface area contributed by atoms with Crippen LogP contribution in [0.25, 0.3) is 10.2 Å². The number of aromatic nitrogens is 1. The Morgan fingerprint density at radius 1 is 1.25 bits per heavy atom. The number of halogens is 1. The smallest absolute Gasteiger partial charge is 0.255 e. The summed E-state index contributed by atoms with van der Waals surface area (Å²) in [5, 5.41) is 3.38. The first kappa shape index (κ1) is 13.1. The van der Waals surface area contributed by atoms with Crippen LogP contribution in [0, 0.1) is 0 Å². The summed E-state index contributed by atoms with van der Waals surface area (Å²) in [5.41, 5.74) is 7.84. The molecule has 4 nitrogen and oxygen atoms in total. The summed E-state index contributed by atoms with van der Waals surface area (Å²) in [6.45, 7) is 0. The lowest BCUT2D eigenvalue weighted by atomic mass is 10.2. The van der Waals surface area contributed by atoms with Crippen molar-refractivity contribution in [3.63, 3.8) is 0 Å². The highest BCUT2D eigenvalue weighted by Crippen LogP contribution is 2.33. The molecule has 0 aliphatic carbocycles. The summed E-state index contributed by atoms with van der Waals surface area (Å²) in [4.78, 5) is 16.3. The minimum absolute atomic E-state index is 0.144. The van der Waals surface area contributed by atoms with E-state index in [1.165, 1.54) is 11.3 Å². The number of hydrogen-bond acceptors (Lipinski definition) is 4. The van der Waals surface area contributed by atoms with E-state index in [9.17, 15) is 4.79 Å². The van der Waals surface area contributed by atoms with Crippen LogP contribution in [0.1, 0.15) is 10.4 Å². The molecule has 0 atom stereocenters. The van der Waals surface area contributed by atoms with Gasteiger partial charge >= 0.3 is 0 Å². The molecule has 1 heterocycles. The van der Waals surface area contributed by atoms with Gasteiger partial charge in [-0.1, -0.05) is 29.5 Å². The van der Waals surface area contributed by atoms with Gasteiger partial charge < -0.3 is 11.1 Å². The van der Waals surface area contributed by atoms with Crippen LogP contribution in [-0.4, -0.2) is 10.9 Å². The van der Waals surface area contributed by atoms with E-state index in [-0.39, 0.29) is 5.91 Å². The molecule has 0 radical (unpaired) electrons. The van der Waals surface area contributed by atoms with Crippen LogP contribution in [0.4, 0.5) is 10.8 Å². The maximum absolute atomic E-state index is 12.1. The van der Waals surface area contributed by atoms with Crippen molar-refractivity contribution in [1.82, 2.24) is 4.98 Å². The molecule has 0 fully saturated rings. The second-order valence-electron chi connectivity index (χ2n) is 4.18. The van der Waals surface area contributed by atoms with E-state index in [1.807, 2.05) is 30.3 Å². The molecule has 0 aliphatic heterocycles. The van der Waals surface area contributed by atoms with E-state index >= 15 is 0 Å². The molecule has 20 heavy (non-hydrogen) atoms. The molecule has 0 unspecified atom stereocenters. The van der Waals surface area contributed by atoms with Gasteiger partial charge in [-0.2, -0.15) is 0 Å². The van der Waals surface area contributed by atoms with E-state index < -0.39 is 0 Å². The number of nitrogen functional groups attached to an aromatic ring is 1. The van der Waals surface area contributed by atoms with Crippen molar-refractivity contribution in [2.24, 2.45) is 0 Å². The van der Waals surface area contributed by atoms with Crippen molar-refractivity contribution >= 4 is 54.2 Å². The molecule has 3 N–H and O–H groups in total. The third kappa shape index (κ3) is 2.52. The van der Waals surface area contributed by atoms with Crippen LogP contribution in [0.3, 0.4) is 0 Å². The fraction of sp³-hybridized carbons (Fsp3) is 0. The molecule has 1 amide bonds. The second-order valence-corrected chi connectivity index (χ2v) is 6.09. The van der Waals surface area contributed by atoms with Crippen LogP contribution in [0.5, 0.6) is 0 Å². The largest absolute Gasteiger partial charge is 0.375 e. The highest BCUT2D eigenvalue weighted by molar-refractivity contribution is 9.10. The second kappa shape index (κ2) is 5.22. The molecule has 0 spiro atoms. The van der Waals surface area contributed by atoms with Crippen molar-refractivity contribution in [2.75, 3.05) is 11.1 Å². The van der Waals surface area contributed by atoms with Crippen LogP contribution in [-0.2, 0) is 0 Å². The monoisotopic (exact) mass is 347 g/mol. The first-order valence-corrected chi connectivity index (χ1v) is 7.46. The third-order valence-corrected chi connectivity index (χ3v) is 4.19. The highest BCUT2D eigenvalue weighted by atomic mass is 79.9. The normalized spacial score (nSPS) is 10.7. The summed E-state index contributed by atoms with van der Waals surface area (Å²) in [5.74, 6) is -0.144. The number of carbonyl (C=O) groups is 1. The van der Waals surface area contributed by atoms with E-state index in [0.29, 0.717) is 16.4 Å². The number of amides is 1. The number of nitrogens with zero attached hydrogens (tertiary/aromatic N) is 1. The zero-order chi connectivity index (χ0) is 14.1. The molecule has 0 saturated heterocycles. The fourth-order valence-corrected chi connectivity index (χ4v) is 3.35. The Bertz CT molecular complexity index is 786. The van der Waals surface area contributed by atoms with E-state index in [4.69, 9.17) is 5.73 Å². The number of benzene rings is 2. The van der Waals surface area contributed by atoms with Crippen LogP contribution in [0.15, 0.2) is 46.9 Å². The minimum Gasteiger partial charge on any atom is -0.375 e. The Morgan fingerprint density at radius 2 is 2.00 bits per heavy atom. The van der Waals surface area contributed by atoms with Crippen molar-refractivity contribution in [3.8, 4) is 0 Å². The van der Waals surface area contributed by atoms with Crippen molar-refractivity contribution in [1.29, 1.82) is 0 Å². The van der Waals surface area contributed by atoms with Gasteiger partial charge in [0, 0.05) is 15.7 Å². The number of rotatable bonds is 2. The van der Waals surface area contributed by atoms with E-state index in [0.717, 1.165) is 14.7 Å². The van der Waals surface area contributed by atoms with E-state index in [1.54, 1.807) is 12.1 Å². The van der Waals surface area contributed by atoms with Crippen molar-refractivity contribution in [3.05, 3.63) is 52.5 Å². The van der Waals surface area contributed by atoms with E-state index in [2.05, 4.69) is 26.2 Å². The number of nitrogens with two attached hydrogens (primary N) is 1. The van der Waals surface area contributed by atoms with Gasteiger partial charge in [-0.15, -0.1) is 0 Å². The summed E-state index contributed by atoms with van der Waals surface area (Å²) in [6.07, 6.45) is 0. The summed E-state index contributed by atoms with van der Waals surface area (Å²) in [7, 11) is 0. The first-order chi connectivity index (χ1) is 9.63. The number of hydrogen-bond donors (Lipinski definition) is 2. The molecule has 3 rings (SSSR count). The van der Waals surface area contributed by atoms with Gasteiger partial charge in [0.1, 0.15) is 0 Å². The lowest BCUT2D eigenvalue weighted by Crippen LogP contribution is -2.11. The van der Waals surface area contributed by atoms with Crippen molar-refractivity contribution < 1.29 is 4.79 Å². The molecular weight excluding hydrogens is 338 g/mol. The van der Waals surface area contributed by atoms with Gasteiger partial charge in [0.15, 0.2) is 5.13 Å². The predicted molar refractivity (Wildman–Crippen MR) is 86.1 cm³/mol. The quantitative estimate of drug-likeness (QED) is 0.738. The number of fused-ring (bicyclic) bond motifs is 1. The molecular formula is C14H10BrN3OS. The average molecular weight is 348 g/mol. The molecule has 6 heteroatoms. The first-order valence-electron chi connectivity index (χ1n) is 5.85. The molecule has 0 bridgehead atoms. The lowest BCUT2D eigenvalue weighted by molar-refractivity contribution is 0.102. The molecule has 1 aromatic heterocycles. The Morgan fingerprint density at radius 3 is 2.75 bits per heavy atom. The van der Waals surface area contributed by atoms with Gasteiger partial charge in [0.05, 0.1) is 10.2 Å². The standard InChI is InChI=1S/C14H10BrN3OS/c15-10-6-9(7-11-12(10)18-14(16)20-11)17-13(19)8-4-2-1-3-5-8/h1-7H,(H2,16,18)(H,17,19). The molecule has 0 saturated carbocycles. The topological polar surface area (TPSA) is 68.0 Å². The van der Waals surface area contributed by atoms with Gasteiger partial charge in [-0.3, -0.25) is 4.79 Å². The summed E-state index contributed by atoms with van der Waals surface area (Å²) in [6, 6.07) is 12.8. The number of thiazole rings is 1. The molecule has 100 valence electrons. The summed E-state index contributed by atoms with van der Waals surface area (Å²) < 4.78 is 1.74. The molecule has 2 aromatic carbocycles. The zero-order valence-corrected chi connectivity index (χ0v) is 12.7. The summed E-state index contributed by atoms with van der Waals surface area (Å²) >= 11 is 4.83. The minimum atomic E-state index is -0.144. The number of anilines is 2. The Hall–Kier alpha value is -1.92. The zero-order valence-electron chi connectivity index (χ0n) is 10.3. The average Bonchev–Trinajstić information content (AvgIpc) is 2.81. The molecule has 0 aliphatic rings. The van der Waals surface area contributed by atoms with Crippen LogP contribution < -0.4 is 11.1 Å². The highest BCUT2D eigenvalue weighted by Gasteiger charge is 2.10. The van der Waals surface area contributed by atoms with Gasteiger partial charge in [-0.05, 0) is 40.2 Å². The maximum atomic E-state index is 12.1. The predicted octanol–water partition coefficient (Wildman–Crippen LogP) is 3.89. The number of carbonyl (C=O) groups excluding carboxylic acids is 1. The van der Waals surface area contributed by atoms with Crippen molar-refractivity contribution in [2.45, 2.75) is 0 Å².